The number of aliphatic imine (C=N–C) groups is 1. The molecule has 0 N–H and O–H groups in total. The summed E-state index contributed by atoms with van der Waals surface area (Å²) in [6, 6.07) is 0.484. The highest BCUT2D eigenvalue weighted by Gasteiger charge is 2.00. The first-order valence-electron chi connectivity index (χ1n) is 4.71. The second-order valence-electron chi connectivity index (χ2n) is 3.28. The minimum absolute atomic E-state index is 0.448. The van der Waals surface area contributed by atoms with Crippen LogP contribution in [0.3, 0.4) is 0 Å². The Balaban J connectivity index is 2.28. The van der Waals surface area contributed by atoms with E-state index in [0.717, 1.165) is 0 Å². The minimum Gasteiger partial charge on any atom is -0.294 e. The van der Waals surface area contributed by atoms with Gasteiger partial charge in [-0.15, -0.1) is 0 Å². The molecule has 0 spiro atoms. The van der Waals surface area contributed by atoms with Gasteiger partial charge < -0.3 is 0 Å². The first-order valence-corrected chi connectivity index (χ1v) is 4.71. The van der Waals surface area contributed by atoms with Crippen LogP contribution in [-0.4, -0.2) is 12.3 Å². The fourth-order valence-electron chi connectivity index (χ4n) is 1.29. The SMILES string of the molecule is CCC[C@H](C)N=CC1C=CC=C1. The van der Waals surface area contributed by atoms with Crippen molar-refractivity contribution in [1.82, 2.24) is 0 Å². The Kier molecular flexibility index (Phi) is 3.78. The molecule has 0 unspecified atom stereocenters. The van der Waals surface area contributed by atoms with Crippen LogP contribution in [0.1, 0.15) is 26.7 Å². The highest BCUT2D eigenvalue weighted by Crippen LogP contribution is 2.07. The highest BCUT2D eigenvalue weighted by molar-refractivity contribution is 5.67. The van der Waals surface area contributed by atoms with Gasteiger partial charge in [0, 0.05) is 18.2 Å². The van der Waals surface area contributed by atoms with E-state index in [4.69, 9.17) is 0 Å². The molecule has 0 aromatic carbocycles. The van der Waals surface area contributed by atoms with E-state index < -0.39 is 0 Å². The second kappa shape index (κ2) is 4.91. The van der Waals surface area contributed by atoms with Gasteiger partial charge in [-0.1, -0.05) is 37.6 Å². The van der Waals surface area contributed by atoms with Gasteiger partial charge in [0.25, 0.3) is 0 Å². The topological polar surface area (TPSA) is 12.4 Å². The fourth-order valence-corrected chi connectivity index (χ4v) is 1.29. The molecule has 1 rings (SSSR count). The molecule has 0 aromatic rings. The molecule has 0 heterocycles. The van der Waals surface area contributed by atoms with Gasteiger partial charge in [0.05, 0.1) is 0 Å². The molecule has 66 valence electrons. The zero-order valence-electron chi connectivity index (χ0n) is 7.90. The molecule has 1 nitrogen and oxygen atoms in total. The molecule has 0 fully saturated rings. The predicted molar refractivity (Wildman–Crippen MR) is 54.6 cm³/mol. The summed E-state index contributed by atoms with van der Waals surface area (Å²) in [5, 5.41) is 0. The standard InChI is InChI=1S/C11H17N/c1-3-6-10(2)12-9-11-7-4-5-8-11/h4-5,7-11H,3,6H2,1-2H3/t10-/m0/s1. The van der Waals surface area contributed by atoms with Crippen molar-refractivity contribution in [1.29, 1.82) is 0 Å². The van der Waals surface area contributed by atoms with Gasteiger partial charge in [-0.3, -0.25) is 4.99 Å². The third-order valence-electron chi connectivity index (χ3n) is 2.00. The fraction of sp³-hybridized carbons (Fsp3) is 0.545. The molecule has 1 aliphatic rings. The van der Waals surface area contributed by atoms with Gasteiger partial charge in [0.2, 0.25) is 0 Å². The second-order valence-corrected chi connectivity index (χ2v) is 3.28. The average Bonchev–Trinajstić information content (AvgIpc) is 2.53. The summed E-state index contributed by atoms with van der Waals surface area (Å²) >= 11 is 0. The maximum atomic E-state index is 4.47. The van der Waals surface area contributed by atoms with Crippen LogP contribution in [0.4, 0.5) is 0 Å². The first-order chi connectivity index (χ1) is 5.83. The molecular formula is C11H17N. The third kappa shape index (κ3) is 3.04. The van der Waals surface area contributed by atoms with E-state index in [1.54, 1.807) is 0 Å². The van der Waals surface area contributed by atoms with Crippen LogP contribution in [-0.2, 0) is 0 Å². The van der Waals surface area contributed by atoms with Crippen molar-refractivity contribution in [2.24, 2.45) is 10.9 Å². The van der Waals surface area contributed by atoms with Gasteiger partial charge in [0.15, 0.2) is 0 Å². The summed E-state index contributed by atoms with van der Waals surface area (Å²) in [5.41, 5.74) is 0. The Morgan fingerprint density at radius 3 is 2.67 bits per heavy atom. The smallest absolute Gasteiger partial charge is 0.0467 e. The zero-order valence-corrected chi connectivity index (χ0v) is 7.90. The lowest BCUT2D eigenvalue weighted by Crippen LogP contribution is -2.00. The lowest BCUT2D eigenvalue weighted by Gasteiger charge is -2.03. The van der Waals surface area contributed by atoms with Crippen LogP contribution in [0.5, 0.6) is 0 Å². The van der Waals surface area contributed by atoms with E-state index in [-0.39, 0.29) is 0 Å². The van der Waals surface area contributed by atoms with E-state index in [0.29, 0.717) is 12.0 Å². The molecule has 1 aliphatic carbocycles. The van der Waals surface area contributed by atoms with Gasteiger partial charge in [-0.2, -0.15) is 0 Å². The predicted octanol–water partition coefficient (Wildman–Crippen LogP) is 2.99. The van der Waals surface area contributed by atoms with E-state index in [2.05, 4.69) is 43.1 Å². The van der Waals surface area contributed by atoms with Crippen molar-refractivity contribution in [3.63, 3.8) is 0 Å². The van der Waals surface area contributed by atoms with Gasteiger partial charge in [-0.05, 0) is 13.3 Å². The zero-order chi connectivity index (χ0) is 8.81. The number of hydrogen-bond acceptors (Lipinski definition) is 1. The molecule has 12 heavy (non-hydrogen) atoms. The minimum atomic E-state index is 0.448. The molecule has 0 aromatic heterocycles. The van der Waals surface area contributed by atoms with Crippen LogP contribution in [0, 0.1) is 5.92 Å². The first kappa shape index (κ1) is 9.24. The Morgan fingerprint density at radius 2 is 2.08 bits per heavy atom. The Labute approximate surface area is 74.9 Å². The monoisotopic (exact) mass is 163 g/mol. The Bertz CT molecular complexity index is 189. The van der Waals surface area contributed by atoms with Crippen LogP contribution in [0.25, 0.3) is 0 Å². The van der Waals surface area contributed by atoms with Crippen LogP contribution in [0.2, 0.25) is 0 Å². The molecular weight excluding hydrogens is 146 g/mol. The van der Waals surface area contributed by atoms with Crippen molar-refractivity contribution in [3.8, 4) is 0 Å². The van der Waals surface area contributed by atoms with Crippen LogP contribution in [0.15, 0.2) is 29.3 Å². The maximum Gasteiger partial charge on any atom is 0.0467 e. The lowest BCUT2D eigenvalue weighted by molar-refractivity contribution is 0.655. The Morgan fingerprint density at radius 1 is 1.42 bits per heavy atom. The summed E-state index contributed by atoms with van der Waals surface area (Å²) in [6.07, 6.45) is 12.9. The third-order valence-corrected chi connectivity index (χ3v) is 2.00. The van der Waals surface area contributed by atoms with Crippen molar-refractivity contribution < 1.29 is 0 Å². The van der Waals surface area contributed by atoms with Gasteiger partial charge in [-0.25, -0.2) is 0 Å². The molecule has 1 atom stereocenters. The largest absolute Gasteiger partial charge is 0.294 e. The van der Waals surface area contributed by atoms with E-state index in [1.807, 2.05) is 6.21 Å². The number of nitrogens with zero attached hydrogens (tertiary/aromatic N) is 1. The quantitative estimate of drug-likeness (QED) is 0.565. The summed E-state index contributed by atoms with van der Waals surface area (Å²) in [4.78, 5) is 4.47. The summed E-state index contributed by atoms with van der Waals surface area (Å²) in [7, 11) is 0. The molecule has 0 aliphatic heterocycles. The van der Waals surface area contributed by atoms with Crippen molar-refractivity contribution in [2.45, 2.75) is 32.7 Å². The summed E-state index contributed by atoms with van der Waals surface area (Å²) < 4.78 is 0. The molecule has 0 saturated carbocycles. The number of hydrogen-bond donors (Lipinski definition) is 0. The molecule has 1 heteroatoms. The van der Waals surface area contributed by atoms with Crippen LogP contribution >= 0.6 is 0 Å². The average molecular weight is 163 g/mol. The van der Waals surface area contributed by atoms with Crippen molar-refractivity contribution in [3.05, 3.63) is 24.3 Å². The number of rotatable bonds is 4. The van der Waals surface area contributed by atoms with E-state index in [9.17, 15) is 0 Å². The van der Waals surface area contributed by atoms with Gasteiger partial charge >= 0.3 is 0 Å². The molecule has 0 saturated heterocycles. The van der Waals surface area contributed by atoms with E-state index in [1.165, 1.54) is 12.8 Å². The summed E-state index contributed by atoms with van der Waals surface area (Å²) in [6.45, 7) is 4.36. The Hall–Kier alpha value is -0.850. The number of allylic oxidation sites excluding steroid dienone is 4. The van der Waals surface area contributed by atoms with Crippen molar-refractivity contribution in [2.75, 3.05) is 0 Å². The highest BCUT2D eigenvalue weighted by atomic mass is 14.8. The maximum absolute atomic E-state index is 4.47. The van der Waals surface area contributed by atoms with E-state index >= 15 is 0 Å². The lowest BCUT2D eigenvalue weighted by atomic mass is 10.2. The molecule has 0 radical (unpaired) electrons. The molecule has 0 bridgehead atoms. The molecule has 0 amide bonds. The normalized spacial score (nSPS) is 19.5. The van der Waals surface area contributed by atoms with Crippen molar-refractivity contribution >= 4 is 6.21 Å². The van der Waals surface area contributed by atoms with Crippen LogP contribution < -0.4 is 0 Å². The summed E-state index contributed by atoms with van der Waals surface area (Å²) in [5.74, 6) is 0.448. The van der Waals surface area contributed by atoms with Gasteiger partial charge in [0.1, 0.15) is 0 Å².